The van der Waals surface area contributed by atoms with E-state index in [-0.39, 0.29) is 30.7 Å². The molecule has 1 aromatic rings. The van der Waals surface area contributed by atoms with E-state index in [0.717, 1.165) is 16.8 Å². The summed E-state index contributed by atoms with van der Waals surface area (Å²) >= 11 is 0. The average Bonchev–Trinajstić information content (AvgIpc) is 2.75. The molecule has 1 saturated heterocycles. The number of benzene rings is 1. The van der Waals surface area contributed by atoms with Gasteiger partial charge in [-0.2, -0.15) is 0 Å². The van der Waals surface area contributed by atoms with E-state index in [1.54, 1.807) is 0 Å². The maximum atomic E-state index is 12.5. The van der Waals surface area contributed by atoms with Crippen LogP contribution in [0.1, 0.15) is 50.3 Å². The molecule has 1 aliphatic heterocycles. The van der Waals surface area contributed by atoms with Crippen molar-refractivity contribution < 1.29 is 19.5 Å². The summed E-state index contributed by atoms with van der Waals surface area (Å²) in [6, 6.07) is 4.10. The highest BCUT2D eigenvalue weighted by molar-refractivity contribution is 6.02. The molecule has 1 heterocycles. The summed E-state index contributed by atoms with van der Waals surface area (Å²) in [5.74, 6) is -1.33. The molecule has 1 fully saturated rings. The average molecular weight is 331 g/mol. The molecule has 24 heavy (non-hydrogen) atoms. The number of hydrogen-bond acceptors (Lipinski definition) is 3. The topological polar surface area (TPSA) is 74.7 Å². The predicted octanol–water partition coefficient (Wildman–Crippen LogP) is 3.00. The van der Waals surface area contributed by atoms with Gasteiger partial charge in [-0.3, -0.25) is 9.59 Å². The summed E-state index contributed by atoms with van der Waals surface area (Å²) in [4.78, 5) is 36.6. The molecule has 1 N–H and O–H groups in total. The molecule has 0 spiro atoms. The summed E-state index contributed by atoms with van der Waals surface area (Å²) in [6.45, 7) is 10.3. The van der Waals surface area contributed by atoms with E-state index in [0.29, 0.717) is 6.29 Å². The molecular weight excluding hydrogens is 306 g/mol. The second-order valence-electron chi connectivity index (χ2n) is 7.82. The van der Waals surface area contributed by atoms with Crippen LogP contribution >= 0.6 is 0 Å². The van der Waals surface area contributed by atoms with Crippen molar-refractivity contribution in [2.75, 3.05) is 11.4 Å². The van der Waals surface area contributed by atoms with Crippen molar-refractivity contribution in [2.24, 2.45) is 5.41 Å². The van der Waals surface area contributed by atoms with Crippen molar-refractivity contribution >= 4 is 23.9 Å². The zero-order chi connectivity index (χ0) is 18.3. The maximum Gasteiger partial charge on any atom is 0.312 e. The Hall–Kier alpha value is -2.17. The van der Waals surface area contributed by atoms with E-state index in [4.69, 9.17) is 0 Å². The minimum atomic E-state index is -1.32. The fourth-order valence-corrected chi connectivity index (χ4v) is 3.38. The summed E-state index contributed by atoms with van der Waals surface area (Å²) < 4.78 is 0. The van der Waals surface area contributed by atoms with Gasteiger partial charge in [0.15, 0.2) is 0 Å². The van der Waals surface area contributed by atoms with Crippen LogP contribution in [0.25, 0.3) is 0 Å². The molecule has 0 bridgehead atoms. The number of nitrogens with zero attached hydrogens (tertiary/aromatic N) is 1. The van der Waals surface area contributed by atoms with Gasteiger partial charge in [0.2, 0.25) is 5.91 Å². The summed E-state index contributed by atoms with van der Waals surface area (Å²) in [5, 5.41) is 9.53. The minimum Gasteiger partial charge on any atom is -0.481 e. The Labute approximate surface area is 142 Å². The SMILES string of the molecule is Cc1cc(C(C)(C)C)cc(C)c1N1CC(CC=O)(C(=O)O)CC1=O. The largest absolute Gasteiger partial charge is 0.481 e. The zero-order valence-electron chi connectivity index (χ0n) is 15.0. The van der Waals surface area contributed by atoms with E-state index in [1.165, 1.54) is 10.5 Å². The van der Waals surface area contributed by atoms with Crippen molar-refractivity contribution in [2.45, 2.75) is 52.9 Å². The lowest BCUT2D eigenvalue weighted by Gasteiger charge is -2.27. The lowest BCUT2D eigenvalue weighted by molar-refractivity contribution is -0.149. The summed E-state index contributed by atoms with van der Waals surface area (Å²) in [5.41, 5.74) is 2.50. The van der Waals surface area contributed by atoms with Crippen LogP contribution < -0.4 is 4.90 Å². The molecular formula is C19H25NO4. The Morgan fingerprint density at radius 3 is 2.25 bits per heavy atom. The Morgan fingerprint density at radius 2 is 1.83 bits per heavy atom. The quantitative estimate of drug-likeness (QED) is 0.861. The molecule has 1 aliphatic rings. The van der Waals surface area contributed by atoms with Crippen LogP contribution in [-0.2, 0) is 19.8 Å². The van der Waals surface area contributed by atoms with E-state index < -0.39 is 11.4 Å². The van der Waals surface area contributed by atoms with Crippen LogP contribution in [0.4, 0.5) is 5.69 Å². The van der Waals surface area contributed by atoms with E-state index in [9.17, 15) is 19.5 Å². The number of rotatable bonds is 4. The number of carboxylic acids is 1. The summed E-state index contributed by atoms with van der Waals surface area (Å²) in [7, 11) is 0. The van der Waals surface area contributed by atoms with Gasteiger partial charge < -0.3 is 14.8 Å². The van der Waals surface area contributed by atoms with Gasteiger partial charge >= 0.3 is 5.97 Å². The third-order valence-corrected chi connectivity index (χ3v) is 4.81. The molecule has 5 nitrogen and oxygen atoms in total. The molecule has 0 saturated carbocycles. The number of aliphatic carboxylic acids is 1. The second kappa shape index (κ2) is 6.04. The van der Waals surface area contributed by atoms with Crippen LogP contribution in [0.3, 0.4) is 0 Å². The number of aldehydes is 1. The number of carbonyl (C=O) groups is 3. The smallest absolute Gasteiger partial charge is 0.312 e. The Balaban J connectivity index is 2.48. The number of aryl methyl sites for hydroxylation is 2. The Morgan fingerprint density at radius 1 is 1.29 bits per heavy atom. The first-order valence-corrected chi connectivity index (χ1v) is 8.11. The molecule has 0 aliphatic carbocycles. The van der Waals surface area contributed by atoms with Crippen molar-refractivity contribution in [1.29, 1.82) is 0 Å². The molecule has 1 aromatic carbocycles. The fourth-order valence-electron chi connectivity index (χ4n) is 3.38. The third-order valence-electron chi connectivity index (χ3n) is 4.81. The summed E-state index contributed by atoms with van der Waals surface area (Å²) in [6.07, 6.45) is 0.303. The first kappa shape index (κ1) is 18.2. The van der Waals surface area contributed by atoms with Gasteiger partial charge in [0.1, 0.15) is 11.7 Å². The van der Waals surface area contributed by atoms with Gasteiger partial charge in [-0.05, 0) is 36.0 Å². The van der Waals surface area contributed by atoms with Crippen molar-refractivity contribution in [1.82, 2.24) is 0 Å². The first-order chi connectivity index (χ1) is 11.0. The fraction of sp³-hybridized carbons (Fsp3) is 0.526. The Kier molecular flexibility index (Phi) is 4.57. The predicted molar refractivity (Wildman–Crippen MR) is 92.3 cm³/mol. The van der Waals surface area contributed by atoms with E-state index >= 15 is 0 Å². The van der Waals surface area contributed by atoms with Crippen LogP contribution in [0, 0.1) is 19.3 Å². The number of carboxylic acid groups (broad SMARTS) is 1. The highest BCUT2D eigenvalue weighted by atomic mass is 16.4. The van der Waals surface area contributed by atoms with Gasteiger partial charge in [0.05, 0.1) is 0 Å². The van der Waals surface area contributed by atoms with Crippen LogP contribution in [0.2, 0.25) is 0 Å². The van der Waals surface area contributed by atoms with E-state index in [2.05, 4.69) is 32.9 Å². The lowest BCUT2D eigenvalue weighted by atomic mass is 9.83. The van der Waals surface area contributed by atoms with Crippen molar-refractivity contribution in [3.8, 4) is 0 Å². The number of carbonyl (C=O) groups excluding carboxylic acids is 2. The van der Waals surface area contributed by atoms with Crippen molar-refractivity contribution in [3.63, 3.8) is 0 Å². The molecule has 130 valence electrons. The Bertz CT molecular complexity index is 679. The monoisotopic (exact) mass is 331 g/mol. The molecule has 0 aromatic heterocycles. The number of amides is 1. The molecule has 5 heteroatoms. The number of anilines is 1. The van der Waals surface area contributed by atoms with Crippen molar-refractivity contribution in [3.05, 3.63) is 28.8 Å². The highest BCUT2D eigenvalue weighted by Gasteiger charge is 2.49. The highest BCUT2D eigenvalue weighted by Crippen LogP contribution is 2.40. The standard InChI is InChI=1S/C19H25NO4/c1-12-8-14(18(3,4)5)9-13(2)16(12)20-11-19(6-7-21,17(23)24)10-15(20)22/h7-9H,6,10-11H2,1-5H3,(H,23,24). The minimum absolute atomic E-state index is 0.00852. The molecule has 1 amide bonds. The lowest BCUT2D eigenvalue weighted by Crippen LogP contribution is -2.35. The van der Waals surface area contributed by atoms with Crippen LogP contribution in [0.5, 0.6) is 0 Å². The van der Waals surface area contributed by atoms with Gasteiger partial charge in [0, 0.05) is 25.1 Å². The maximum absolute atomic E-state index is 12.5. The van der Waals surface area contributed by atoms with Gasteiger partial charge in [-0.1, -0.05) is 32.9 Å². The molecule has 2 rings (SSSR count). The molecule has 1 unspecified atom stereocenters. The first-order valence-electron chi connectivity index (χ1n) is 8.11. The third kappa shape index (κ3) is 3.07. The van der Waals surface area contributed by atoms with E-state index in [1.807, 2.05) is 13.8 Å². The number of hydrogen-bond donors (Lipinski definition) is 1. The van der Waals surface area contributed by atoms with Crippen LogP contribution in [0.15, 0.2) is 12.1 Å². The molecule has 0 radical (unpaired) electrons. The van der Waals surface area contributed by atoms with Crippen LogP contribution in [-0.4, -0.2) is 29.8 Å². The van der Waals surface area contributed by atoms with Gasteiger partial charge in [0.25, 0.3) is 0 Å². The van der Waals surface area contributed by atoms with Gasteiger partial charge in [-0.25, -0.2) is 0 Å². The molecule has 1 atom stereocenters. The zero-order valence-corrected chi connectivity index (χ0v) is 15.0. The second-order valence-corrected chi connectivity index (χ2v) is 7.82. The normalized spacial score (nSPS) is 21.2. The van der Waals surface area contributed by atoms with Gasteiger partial charge in [-0.15, -0.1) is 0 Å².